The maximum Gasteiger partial charge on any atom is 0.192 e. The third kappa shape index (κ3) is 5.52. The molecule has 0 saturated heterocycles. The van der Waals surface area contributed by atoms with Gasteiger partial charge in [0.15, 0.2) is 8.32 Å². The minimum Gasteiger partial charge on any atom is -0.496 e. The van der Waals surface area contributed by atoms with Crippen LogP contribution in [-0.2, 0) is 4.43 Å². The lowest BCUT2D eigenvalue weighted by Gasteiger charge is -2.34. The summed E-state index contributed by atoms with van der Waals surface area (Å²) in [6.45, 7) is 7.13. The van der Waals surface area contributed by atoms with Crippen LogP contribution in [0.3, 0.4) is 0 Å². The van der Waals surface area contributed by atoms with Crippen molar-refractivity contribution in [1.29, 1.82) is 0 Å². The van der Waals surface area contributed by atoms with Crippen molar-refractivity contribution in [3.63, 3.8) is 0 Å². The molecule has 0 amide bonds. The Morgan fingerprint density at radius 3 is 2.33 bits per heavy atom. The quantitative estimate of drug-likeness (QED) is 0.479. The summed E-state index contributed by atoms with van der Waals surface area (Å²) < 4.78 is 41.5. The van der Waals surface area contributed by atoms with Crippen LogP contribution in [0.15, 0.2) is 18.2 Å². The van der Waals surface area contributed by atoms with Gasteiger partial charge in [-0.3, -0.25) is 0 Å². The van der Waals surface area contributed by atoms with Crippen LogP contribution < -0.4 is 10.1 Å². The molecule has 1 fully saturated rings. The molecule has 1 unspecified atom stereocenters. The first-order valence-corrected chi connectivity index (χ1v) is 12.9. The Morgan fingerprint density at radius 2 is 1.78 bits per heavy atom. The highest BCUT2D eigenvalue weighted by molar-refractivity contribution is 6.73. The number of alkyl halides is 1. The predicted molar refractivity (Wildman–Crippen MR) is 109 cm³/mol. The van der Waals surface area contributed by atoms with Crippen molar-refractivity contribution in [2.24, 2.45) is 0 Å². The number of methoxy groups -OCH3 is 1. The molecule has 154 valence electrons. The van der Waals surface area contributed by atoms with E-state index in [4.69, 9.17) is 9.16 Å². The molecule has 1 aromatic rings. The summed E-state index contributed by atoms with van der Waals surface area (Å²) in [5.41, 5.74) is -0.697. The van der Waals surface area contributed by atoms with Gasteiger partial charge in [0, 0.05) is 13.1 Å². The lowest BCUT2D eigenvalue weighted by atomic mass is 10.0. The van der Waals surface area contributed by atoms with Gasteiger partial charge >= 0.3 is 0 Å². The zero-order valence-corrected chi connectivity index (χ0v) is 18.2. The van der Waals surface area contributed by atoms with Crippen LogP contribution in [-0.4, -0.2) is 34.2 Å². The van der Waals surface area contributed by atoms with Gasteiger partial charge in [0.1, 0.15) is 17.2 Å². The summed E-state index contributed by atoms with van der Waals surface area (Å²) in [7, 11) is -0.434. The molecule has 0 heterocycles. The Kier molecular flexibility index (Phi) is 8.25. The second-order valence-electron chi connectivity index (χ2n) is 7.69. The Bertz CT molecular complexity index is 581. The molecule has 1 aromatic carbocycles. The summed E-state index contributed by atoms with van der Waals surface area (Å²) in [5.74, 6) is 0.159. The molecule has 0 bridgehead atoms. The number of benzene rings is 1. The Balaban J connectivity index is 2.23. The van der Waals surface area contributed by atoms with E-state index < -0.39 is 20.1 Å². The van der Waals surface area contributed by atoms with Crippen LogP contribution in [0.4, 0.5) is 8.78 Å². The lowest BCUT2D eigenvalue weighted by Crippen LogP contribution is -2.42. The van der Waals surface area contributed by atoms with Crippen LogP contribution in [0.1, 0.15) is 58.1 Å². The van der Waals surface area contributed by atoms with Gasteiger partial charge in [0.25, 0.3) is 0 Å². The van der Waals surface area contributed by atoms with Gasteiger partial charge in [-0.2, -0.15) is 0 Å². The van der Waals surface area contributed by atoms with E-state index in [-0.39, 0.29) is 5.82 Å². The van der Waals surface area contributed by atoms with E-state index in [1.807, 2.05) is 0 Å². The molecule has 1 atom stereocenters. The van der Waals surface area contributed by atoms with Crippen LogP contribution in [0, 0.1) is 5.82 Å². The van der Waals surface area contributed by atoms with Gasteiger partial charge in [-0.1, -0.05) is 39.7 Å². The molecule has 0 aromatic heterocycles. The first kappa shape index (κ1) is 22.3. The summed E-state index contributed by atoms with van der Waals surface area (Å²) >= 11 is 0. The monoisotopic (exact) mass is 399 g/mol. The van der Waals surface area contributed by atoms with Crippen LogP contribution in [0.5, 0.6) is 5.75 Å². The van der Waals surface area contributed by atoms with E-state index >= 15 is 0 Å². The van der Waals surface area contributed by atoms with Crippen molar-refractivity contribution in [2.45, 2.75) is 76.4 Å². The first-order chi connectivity index (χ1) is 12.9. The smallest absolute Gasteiger partial charge is 0.192 e. The van der Waals surface area contributed by atoms with E-state index in [0.29, 0.717) is 37.2 Å². The number of hydrogen-bond acceptors (Lipinski definition) is 3. The molecule has 2 rings (SSSR count). The highest BCUT2D eigenvalue weighted by Crippen LogP contribution is 2.36. The minimum atomic E-state index is -1.98. The van der Waals surface area contributed by atoms with E-state index in [1.165, 1.54) is 6.07 Å². The molecule has 0 radical (unpaired) electrons. The predicted octanol–water partition coefficient (Wildman–Crippen LogP) is 5.77. The SMILES string of the molecule is CC[Si](CC)(CC)OC(CNCC1(F)CCCC1)c1c(F)cccc1OC. The molecule has 27 heavy (non-hydrogen) atoms. The van der Waals surface area contributed by atoms with Crippen LogP contribution in [0.25, 0.3) is 0 Å². The molecule has 0 aliphatic heterocycles. The number of ether oxygens (including phenoxy) is 1. The molecular formula is C21H35F2NO2Si. The highest BCUT2D eigenvalue weighted by Gasteiger charge is 2.36. The fourth-order valence-corrected chi connectivity index (χ4v) is 6.93. The van der Waals surface area contributed by atoms with Gasteiger partial charge in [-0.05, 0) is 43.1 Å². The van der Waals surface area contributed by atoms with Crippen molar-refractivity contribution >= 4 is 8.32 Å². The average Bonchev–Trinajstić information content (AvgIpc) is 3.11. The number of hydrogen-bond donors (Lipinski definition) is 1. The first-order valence-electron chi connectivity index (χ1n) is 10.3. The maximum absolute atomic E-state index is 14.7. The Labute approximate surface area is 164 Å². The summed E-state index contributed by atoms with van der Waals surface area (Å²) in [4.78, 5) is 0. The van der Waals surface area contributed by atoms with Gasteiger partial charge in [0.2, 0.25) is 0 Å². The standard InChI is InChI=1S/C21H35F2NO2Si/c1-5-27(6-2,7-3)26-19(15-24-16-21(23)13-8-9-14-21)20-17(22)11-10-12-18(20)25-4/h10-12,19,24H,5-9,13-16H2,1-4H3. The second kappa shape index (κ2) is 9.98. The van der Waals surface area contributed by atoms with Crippen LogP contribution in [0.2, 0.25) is 18.1 Å². The molecule has 0 spiro atoms. The summed E-state index contributed by atoms with van der Waals surface area (Å²) in [6.07, 6.45) is 2.61. The van der Waals surface area contributed by atoms with Crippen LogP contribution >= 0.6 is 0 Å². The zero-order valence-electron chi connectivity index (χ0n) is 17.2. The average molecular weight is 400 g/mol. The topological polar surface area (TPSA) is 30.5 Å². The van der Waals surface area contributed by atoms with E-state index in [2.05, 4.69) is 26.1 Å². The number of nitrogens with one attached hydrogen (secondary N) is 1. The van der Waals surface area contributed by atoms with Crippen molar-refractivity contribution in [1.82, 2.24) is 5.32 Å². The van der Waals surface area contributed by atoms with Crippen molar-refractivity contribution in [3.8, 4) is 5.75 Å². The largest absolute Gasteiger partial charge is 0.496 e. The zero-order chi connectivity index (χ0) is 19.9. The highest BCUT2D eigenvalue weighted by atomic mass is 28.4. The Morgan fingerprint density at radius 1 is 1.15 bits per heavy atom. The molecule has 1 aliphatic rings. The minimum absolute atomic E-state index is 0.294. The molecule has 1 saturated carbocycles. The summed E-state index contributed by atoms with van der Waals surface area (Å²) in [6, 6.07) is 7.76. The lowest BCUT2D eigenvalue weighted by molar-refractivity contribution is 0.143. The fourth-order valence-electron chi connectivity index (χ4n) is 4.12. The molecule has 3 nitrogen and oxygen atoms in total. The second-order valence-corrected chi connectivity index (χ2v) is 12.4. The maximum atomic E-state index is 14.7. The van der Waals surface area contributed by atoms with E-state index in [1.54, 1.807) is 19.2 Å². The third-order valence-corrected chi connectivity index (χ3v) is 10.8. The van der Waals surface area contributed by atoms with Gasteiger partial charge in [0.05, 0.1) is 18.8 Å². The van der Waals surface area contributed by atoms with Crippen molar-refractivity contribution < 1.29 is 17.9 Å². The van der Waals surface area contributed by atoms with Crippen molar-refractivity contribution in [3.05, 3.63) is 29.6 Å². The van der Waals surface area contributed by atoms with Gasteiger partial charge in [-0.25, -0.2) is 8.78 Å². The summed E-state index contributed by atoms with van der Waals surface area (Å²) in [5, 5.41) is 3.24. The number of rotatable bonds is 11. The molecular weight excluding hydrogens is 364 g/mol. The fraction of sp³-hybridized carbons (Fsp3) is 0.714. The van der Waals surface area contributed by atoms with Crippen molar-refractivity contribution in [2.75, 3.05) is 20.2 Å². The number of halogens is 2. The molecule has 6 heteroatoms. The molecule has 1 N–H and O–H groups in total. The Hall–Kier alpha value is -0.983. The van der Waals surface area contributed by atoms with E-state index in [0.717, 1.165) is 31.0 Å². The normalized spacial score (nSPS) is 17.9. The van der Waals surface area contributed by atoms with Gasteiger partial charge in [-0.15, -0.1) is 0 Å². The van der Waals surface area contributed by atoms with Gasteiger partial charge < -0.3 is 14.5 Å². The molecule has 1 aliphatic carbocycles. The van der Waals surface area contributed by atoms with E-state index in [9.17, 15) is 8.78 Å². The third-order valence-electron chi connectivity index (χ3n) is 6.15.